The summed E-state index contributed by atoms with van der Waals surface area (Å²) < 4.78 is 6.50. The molecule has 2 fully saturated rings. The summed E-state index contributed by atoms with van der Waals surface area (Å²) in [5, 5.41) is 0.944. The first-order valence-electron chi connectivity index (χ1n) is 10.3. The van der Waals surface area contributed by atoms with Gasteiger partial charge in [0.15, 0.2) is 0 Å². The number of thiazole rings is 1. The number of benzene rings is 1. The van der Waals surface area contributed by atoms with Crippen LogP contribution in [-0.4, -0.2) is 66.0 Å². The smallest absolute Gasteiger partial charge is 0.263 e. The number of ether oxygens (including phenoxy) is 1. The molecule has 2 saturated heterocycles. The van der Waals surface area contributed by atoms with Crippen molar-refractivity contribution in [2.24, 2.45) is 5.92 Å². The first-order valence-corrected chi connectivity index (χ1v) is 11.9. The lowest BCUT2D eigenvalue weighted by Crippen LogP contribution is -2.49. The number of likely N-dealkylation sites (tertiary alicyclic amines) is 1. The predicted molar refractivity (Wildman–Crippen MR) is 119 cm³/mol. The molecule has 3 aromatic rings. The Labute approximate surface area is 183 Å². The monoisotopic (exact) mass is 441 g/mol. The van der Waals surface area contributed by atoms with E-state index in [0.29, 0.717) is 44.3 Å². The van der Waals surface area contributed by atoms with Crippen molar-refractivity contribution >= 4 is 44.7 Å². The van der Waals surface area contributed by atoms with E-state index in [2.05, 4.69) is 6.07 Å². The van der Waals surface area contributed by atoms with Gasteiger partial charge in [0.05, 0.1) is 39.1 Å². The van der Waals surface area contributed by atoms with Gasteiger partial charge in [-0.05, 0) is 37.1 Å². The molecule has 0 aliphatic carbocycles. The lowest BCUT2D eigenvalue weighted by Gasteiger charge is -2.36. The molecular weight excluding hydrogens is 418 g/mol. The van der Waals surface area contributed by atoms with Crippen LogP contribution in [-0.2, 0) is 9.53 Å². The van der Waals surface area contributed by atoms with Crippen molar-refractivity contribution < 1.29 is 14.3 Å². The Morgan fingerprint density at radius 1 is 1.00 bits per heavy atom. The molecule has 0 bridgehead atoms. The molecule has 2 aliphatic heterocycles. The van der Waals surface area contributed by atoms with Gasteiger partial charge in [0.1, 0.15) is 5.01 Å². The van der Waals surface area contributed by atoms with Crippen molar-refractivity contribution in [2.45, 2.75) is 12.8 Å². The number of morpholine rings is 1. The van der Waals surface area contributed by atoms with Crippen LogP contribution in [0.4, 0.5) is 0 Å². The summed E-state index contributed by atoms with van der Waals surface area (Å²) >= 11 is 3.13. The quantitative estimate of drug-likeness (QED) is 0.621. The minimum Gasteiger partial charge on any atom is -0.378 e. The van der Waals surface area contributed by atoms with E-state index >= 15 is 0 Å². The zero-order valence-corrected chi connectivity index (χ0v) is 18.2. The standard InChI is InChI=1S/C22H23N3O3S2/c26-21(24-10-12-28-13-11-24)15-4-3-9-25(14-15)22(27)19-8-7-18(29-19)20-23-16-5-1-2-6-17(16)30-20/h1-2,5-8,15H,3-4,9-14H2. The van der Waals surface area contributed by atoms with Gasteiger partial charge >= 0.3 is 0 Å². The Kier molecular flexibility index (Phi) is 5.54. The molecule has 0 spiro atoms. The third-order valence-corrected chi connectivity index (χ3v) is 7.98. The van der Waals surface area contributed by atoms with Crippen molar-refractivity contribution in [3.05, 3.63) is 41.3 Å². The van der Waals surface area contributed by atoms with Gasteiger partial charge in [-0.1, -0.05) is 12.1 Å². The molecule has 1 atom stereocenters. The Bertz CT molecular complexity index is 1040. The predicted octanol–water partition coefficient (Wildman–Crippen LogP) is 3.74. The second kappa shape index (κ2) is 8.45. The summed E-state index contributed by atoms with van der Waals surface area (Å²) in [5.41, 5.74) is 0.985. The molecule has 6 nitrogen and oxygen atoms in total. The van der Waals surface area contributed by atoms with Crippen molar-refractivity contribution in [3.8, 4) is 9.88 Å². The number of hydrogen-bond donors (Lipinski definition) is 0. The first-order chi connectivity index (χ1) is 14.7. The molecule has 2 aromatic heterocycles. The maximum atomic E-state index is 13.1. The SMILES string of the molecule is O=C(c1ccc(-c2nc3ccccc3s2)s1)N1CCCC(C(=O)N2CCOCC2)C1. The van der Waals surface area contributed by atoms with Gasteiger partial charge in [0.2, 0.25) is 5.91 Å². The number of carbonyl (C=O) groups excluding carboxylic acids is 2. The number of fused-ring (bicyclic) bond motifs is 1. The summed E-state index contributed by atoms with van der Waals surface area (Å²) in [6, 6.07) is 11.9. The topological polar surface area (TPSA) is 62.7 Å². The Balaban J connectivity index is 1.29. The molecule has 156 valence electrons. The van der Waals surface area contributed by atoms with Crippen LogP contribution in [0, 0.1) is 5.92 Å². The zero-order valence-electron chi connectivity index (χ0n) is 16.6. The van der Waals surface area contributed by atoms with Crippen LogP contribution in [0.1, 0.15) is 22.5 Å². The fourth-order valence-corrected chi connectivity index (χ4v) is 6.10. The van der Waals surface area contributed by atoms with Crippen LogP contribution in [0.3, 0.4) is 0 Å². The number of para-hydroxylation sites is 1. The van der Waals surface area contributed by atoms with E-state index in [4.69, 9.17) is 9.72 Å². The molecule has 1 unspecified atom stereocenters. The molecule has 4 heterocycles. The van der Waals surface area contributed by atoms with Gasteiger partial charge < -0.3 is 14.5 Å². The maximum Gasteiger partial charge on any atom is 0.263 e. The lowest BCUT2D eigenvalue weighted by molar-refractivity contribution is -0.141. The van der Waals surface area contributed by atoms with E-state index < -0.39 is 0 Å². The Morgan fingerprint density at radius 2 is 1.83 bits per heavy atom. The number of aromatic nitrogens is 1. The Hall–Kier alpha value is -2.29. The summed E-state index contributed by atoms with van der Waals surface area (Å²) in [6.07, 6.45) is 1.71. The van der Waals surface area contributed by atoms with Crippen molar-refractivity contribution in [1.82, 2.24) is 14.8 Å². The van der Waals surface area contributed by atoms with Crippen molar-refractivity contribution in [3.63, 3.8) is 0 Å². The van der Waals surface area contributed by atoms with E-state index in [9.17, 15) is 9.59 Å². The normalized spacial score (nSPS) is 19.9. The average molecular weight is 442 g/mol. The zero-order chi connectivity index (χ0) is 20.5. The number of hydrogen-bond acceptors (Lipinski definition) is 6. The number of amides is 2. The van der Waals surface area contributed by atoms with Gasteiger partial charge in [-0.2, -0.15) is 0 Å². The van der Waals surface area contributed by atoms with Gasteiger partial charge in [0.25, 0.3) is 5.91 Å². The third-order valence-electron chi connectivity index (χ3n) is 5.70. The van der Waals surface area contributed by atoms with E-state index in [1.54, 1.807) is 11.3 Å². The number of carbonyl (C=O) groups is 2. The van der Waals surface area contributed by atoms with E-state index in [-0.39, 0.29) is 17.7 Å². The second-order valence-corrected chi connectivity index (χ2v) is 9.79. The largest absolute Gasteiger partial charge is 0.378 e. The molecular formula is C22H23N3O3S2. The Morgan fingerprint density at radius 3 is 2.67 bits per heavy atom. The first kappa shape index (κ1) is 19.7. The van der Waals surface area contributed by atoms with Crippen LogP contribution in [0.25, 0.3) is 20.1 Å². The van der Waals surface area contributed by atoms with E-state index in [0.717, 1.165) is 32.9 Å². The highest BCUT2D eigenvalue weighted by Gasteiger charge is 2.32. The highest BCUT2D eigenvalue weighted by Crippen LogP contribution is 2.35. The molecule has 0 radical (unpaired) electrons. The number of rotatable bonds is 3. The minimum atomic E-state index is -0.107. The highest BCUT2D eigenvalue weighted by atomic mass is 32.1. The fourth-order valence-electron chi connectivity index (χ4n) is 4.11. The number of nitrogens with zero attached hydrogens (tertiary/aromatic N) is 3. The van der Waals surface area contributed by atoms with Crippen LogP contribution < -0.4 is 0 Å². The van der Waals surface area contributed by atoms with Crippen LogP contribution in [0.15, 0.2) is 36.4 Å². The van der Waals surface area contributed by atoms with Crippen LogP contribution in [0.2, 0.25) is 0 Å². The third kappa shape index (κ3) is 3.87. The molecule has 0 saturated carbocycles. The molecule has 2 amide bonds. The molecule has 5 rings (SSSR count). The lowest BCUT2D eigenvalue weighted by atomic mass is 9.96. The van der Waals surface area contributed by atoms with E-state index in [1.807, 2.05) is 40.1 Å². The summed E-state index contributed by atoms with van der Waals surface area (Å²) in [7, 11) is 0. The number of thiophene rings is 1. The second-order valence-electron chi connectivity index (χ2n) is 7.68. The summed E-state index contributed by atoms with van der Waals surface area (Å²) in [5.74, 6) is 0.0773. The molecule has 0 N–H and O–H groups in total. The van der Waals surface area contributed by atoms with Crippen molar-refractivity contribution in [1.29, 1.82) is 0 Å². The van der Waals surface area contributed by atoms with Gasteiger partial charge in [-0.3, -0.25) is 9.59 Å². The van der Waals surface area contributed by atoms with Crippen LogP contribution >= 0.6 is 22.7 Å². The molecule has 8 heteroatoms. The number of piperidine rings is 1. The van der Waals surface area contributed by atoms with Gasteiger partial charge in [0, 0.05) is 26.2 Å². The fraction of sp³-hybridized carbons (Fsp3) is 0.409. The molecule has 30 heavy (non-hydrogen) atoms. The highest BCUT2D eigenvalue weighted by molar-refractivity contribution is 7.26. The van der Waals surface area contributed by atoms with Gasteiger partial charge in [-0.25, -0.2) is 4.98 Å². The minimum absolute atomic E-state index is 0.0202. The molecule has 1 aromatic carbocycles. The van der Waals surface area contributed by atoms with Gasteiger partial charge in [-0.15, -0.1) is 22.7 Å². The van der Waals surface area contributed by atoms with E-state index in [1.165, 1.54) is 11.3 Å². The maximum absolute atomic E-state index is 13.1. The summed E-state index contributed by atoms with van der Waals surface area (Å²) in [6.45, 7) is 3.72. The molecule has 2 aliphatic rings. The summed E-state index contributed by atoms with van der Waals surface area (Å²) in [4.78, 5) is 36.2. The average Bonchev–Trinajstić information content (AvgIpc) is 3.46. The van der Waals surface area contributed by atoms with Crippen LogP contribution in [0.5, 0.6) is 0 Å². The van der Waals surface area contributed by atoms with Crippen molar-refractivity contribution in [2.75, 3.05) is 39.4 Å².